The molecule has 4 heteroatoms. The van der Waals surface area contributed by atoms with Gasteiger partial charge >= 0.3 is 0 Å². The summed E-state index contributed by atoms with van der Waals surface area (Å²) in [6.07, 6.45) is 0.821. The zero-order valence-corrected chi connectivity index (χ0v) is 11.3. The minimum atomic E-state index is 0.530. The van der Waals surface area contributed by atoms with Gasteiger partial charge in [-0.3, -0.25) is 4.79 Å². The minimum Gasteiger partial charge on any atom is -0.399 e. The van der Waals surface area contributed by atoms with E-state index in [0.29, 0.717) is 27.5 Å². The highest BCUT2D eigenvalue weighted by Gasteiger charge is 2.09. The zero-order valence-electron chi connectivity index (χ0n) is 10.5. The van der Waals surface area contributed by atoms with E-state index >= 15 is 0 Å². The van der Waals surface area contributed by atoms with Gasteiger partial charge in [0.05, 0.1) is 16.2 Å². The van der Waals surface area contributed by atoms with Gasteiger partial charge in [0.2, 0.25) is 0 Å². The molecule has 0 bridgehead atoms. The van der Waals surface area contributed by atoms with Crippen LogP contribution in [0.25, 0.3) is 22.2 Å². The van der Waals surface area contributed by atoms with E-state index in [1.807, 2.05) is 24.3 Å². The van der Waals surface area contributed by atoms with Gasteiger partial charge in [0.1, 0.15) is 0 Å². The molecule has 0 amide bonds. The van der Waals surface area contributed by atoms with E-state index in [1.54, 1.807) is 24.3 Å². The first-order valence-corrected chi connectivity index (χ1v) is 6.47. The number of aromatic nitrogens is 1. The van der Waals surface area contributed by atoms with Crippen LogP contribution in [0.4, 0.5) is 5.69 Å². The zero-order chi connectivity index (χ0) is 14.1. The highest BCUT2D eigenvalue weighted by molar-refractivity contribution is 6.35. The first kappa shape index (κ1) is 12.6. The number of rotatable bonds is 2. The lowest BCUT2D eigenvalue weighted by Gasteiger charge is -2.07. The lowest BCUT2D eigenvalue weighted by atomic mass is 10.0. The Morgan fingerprint density at radius 1 is 1.10 bits per heavy atom. The Labute approximate surface area is 121 Å². The van der Waals surface area contributed by atoms with Gasteiger partial charge in [0.25, 0.3) is 0 Å². The molecule has 0 radical (unpaired) electrons. The third-order valence-electron chi connectivity index (χ3n) is 3.16. The first-order valence-electron chi connectivity index (χ1n) is 6.09. The van der Waals surface area contributed by atoms with Gasteiger partial charge in [-0.2, -0.15) is 0 Å². The normalized spacial score (nSPS) is 10.7. The van der Waals surface area contributed by atoms with E-state index in [1.165, 1.54) is 0 Å². The number of nitrogens with two attached hydrogens (primary N) is 1. The summed E-state index contributed by atoms with van der Waals surface area (Å²) in [5, 5.41) is 1.29. The third kappa shape index (κ3) is 2.12. The van der Waals surface area contributed by atoms with Crippen molar-refractivity contribution in [2.45, 2.75) is 0 Å². The van der Waals surface area contributed by atoms with Crippen molar-refractivity contribution in [3.8, 4) is 11.3 Å². The quantitative estimate of drug-likeness (QED) is 0.572. The highest BCUT2D eigenvalue weighted by Crippen LogP contribution is 2.28. The van der Waals surface area contributed by atoms with Crippen molar-refractivity contribution in [3.63, 3.8) is 0 Å². The van der Waals surface area contributed by atoms with Crippen LogP contribution in [0, 0.1) is 0 Å². The number of nitrogen functional groups attached to an aromatic ring is 1. The molecule has 2 N–H and O–H groups in total. The fourth-order valence-corrected chi connectivity index (χ4v) is 2.36. The number of hydrogen-bond donors (Lipinski definition) is 1. The number of pyridine rings is 1. The Balaban J connectivity index is 2.29. The number of carbonyl (C=O) groups excluding carboxylic acids is 1. The Bertz CT molecular complexity index is 797. The summed E-state index contributed by atoms with van der Waals surface area (Å²) in [5.74, 6) is 0. The molecular weight excluding hydrogens is 272 g/mol. The van der Waals surface area contributed by atoms with Crippen molar-refractivity contribution in [2.75, 3.05) is 5.73 Å². The first-order chi connectivity index (χ1) is 9.69. The van der Waals surface area contributed by atoms with Gasteiger partial charge in [-0.1, -0.05) is 35.9 Å². The average Bonchev–Trinajstić information content (AvgIpc) is 2.47. The van der Waals surface area contributed by atoms with Crippen LogP contribution in [0.15, 0.2) is 48.5 Å². The second-order valence-electron chi connectivity index (χ2n) is 4.47. The van der Waals surface area contributed by atoms with Gasteiger partial charge in [-0.05, 0) is 24.3 Å². The van der Waals surface area contributed by atoms with E-state index < -0.39 is 0 Å². The van der Waals surface area contributed by atoms with Crippen LogP contribution in [0.5, 0.6) is 0 Å². The maximum absolute atomic E-state index is 11.3. The van der Waals surface area contributed by atoms with E-state index in [2.05, 4.69) is 4.98 Å². The predicted octanol–water partition coefficient (Wildman–Crippen LogP) is 3.95. The van der Waals surface area contributed by atoms with Crippen LogP contribution >= 0.6 is 11.6 Å². The molecule has 20 heavy (non-hydrogen) atoms. The molecule has 0 unspecified atom stereocenters. The summed E-state index contributed by atoms with van der Waals surface area (Å²) in [5.41, 5.74) is 9.16. The lowest BCUT2D eigenvalue weighted by molar-refractivity contribution is 0.112. The molecule has 0 atom stereocenters. The molecule has 3 rings (SSSR count). The second kappa shape index (κ2) is 4.94. The van der Waals surface area contributed by atoms with Crippen molar-refractivity contribution in [1.82, 2.24) is 4.98 Å². The standard InChI is InChI=1S/C16H11ClN2O/c17-14-3-1-2-13-11(9-20)8-15(19-16(13)14)10-4-6-12(18)7-5-10/h1-9H,18H2. The smallest absolute Gasteiger partial charge is 0.150 e. The summed E-state index contributed by atoms with van der Waals surface area (Å²) >= 11 is 6.17. The van der Waals surface area contributed by atoms with Gasteiger partial charge in [-0.15, -0.1) is 0 Å². The maximum atomic E-state index is 11.3. The van der Waals surface area contributed by atoms with Gasteiger partial charge in [0.15, 0.2) is 6.29 Å². The molecule has 98 valence electrons. The Morgan fingerprint density at radius 2 is 1.85 bits per heavy atom. The molecule has 0 aliphatic carbocycles. The molecule has 0 saturated carbocycles. The molecular formula is C16H11ClN2O. The number of aldehydes is 1. The van der Waals surface area contributed by atoms with Crippen molar-refractivity contribution >= 4 is 34.5 Å². The molecule has 0 aliphatic rings. The number of nitrogens with zero attached hydrogens (tertiary/aromatic N) is 1. The molecule has 1 heterocycles. The number of anilines is 1. The van der Waals surface area contributed by atoms with Crippen LogP contribution in [-0.4, -0.2) is 11.3 Å². The number of halogens is 1. The van der Waals surface area contributed by atoms with Gasteiger partial charge in [-0.25, -0.2) is 4.98 Å². The third-order valence-corrected chi connectivity index (χ3v) is 3.46. The predicted molar refractivity (Wildman–Crippen MR) is 82.0 cm³/mol. The summed E-state index contributed by atoms with van der Waals surface area (Å²) in [4.78, 5) is 15.8. The number of fused-ring (bicyclic) bond motifs is 1. The maximum Gasteiger partial charge on any atom is 0.150 e. The Morgan fingerprint density at radius 3 is 2.55 bits per heavy atom. The number of para-hydroxylation sites is 1. The fraction of sp³-hybridized carbons (Fsp3) is 0. The van der Waals surface area contributed by atoms with E-state index in [-0.39, 0.29) is 0 Å². The van der Waals surface area contributed by atoms with E-state index in [9.17, 15) is 4.79 Å². The van der Waals surface area contributed by atoms with Gasteiger partial charge < -0.3 is 5.73 Å². The number of hydrogen-bond acceptors (Lipinski definition) is 3. The van der Waals surface area contributed by atoms with E-state index in [0.717, 1.165) is 17.2 Å². The van der Waals surface area contributed by atoms with Gasteiger partial charge in [0, 0.05) is 22.2 Å². The van der Waals surface area contributed by atoms with Crippen molar-refractivity contribution < 1.29 is 4.79 Å². The van der Waals surface area contributed by atoms with E-state index in [4.69, 9.17) is 17.3 Å². The molecule has 0 saturated heterocycles. The molecule has 1 aromatic heterocycles. The average molecular weight is 283 g/mol. The largest absolute Gasteiger partial charge is 0.399 e. The monoisotopic (exact) mass is 282 g/mol. The van der Waals surface area contributed by atoms with Crippen molar-refractivity contribution in [2.24, 2.45) is 0 Å². The summed E-state index contributed by atoms with van der Waals surface area (Å²) in [7, 11) is 0. The summed E-state index contributed by atoms with van der Waals surface area (Å²) in [6.45, 7) is 0. The van der Waals surface area contributed by atoms with Crippen molar-refractivity contribution in [1.29, 1.82) is 0 Å². The number of benzene rings is 2. The van der Waals surface area contributed by atoms with Crippen molar-refractivity contribution in [3.05, 3.63) is 59.1 Å². The molecule has 3 aromatic rings. The highest BCUT2D eigenvalue weighted by atomic mass is 35.5. The Kier molecular flexibility index (Phi) is 3.12. The second-order valence-corrected chi connectivity index (χ2v) is 4.88. The van der Waals surface area contributed by atoms with Crippen LogP contribution in [0.3, 0.4) is 0 Å². The minimum absolute atomic E-state index is 0.530. The molecule has 0 spiro atoms. The van der Waals surface area contributed by atoms with Crippen LogP contribution < -0.4 is 5.73 Å². The lowest BCUT2D eigenvalue weighted by Crippen LogP contribution is -1.92. The van der Waals surface area contributed by atoms with Crippen LogP contribution in [0.2, 0.25) is 5.02 Å². The summed E-state index contributed by atoms with van der Waals surface area (Å²) < 4.78 is 0. The number of carbonyl (C=O) groups is 1. The molecule has 0 aliphatic heterocycles. The SMILES string of the molecule is Nc1ccc(-c2cc(C=O)c3cccc(Cl)c3n2)cc1. The van der Waals surface area contributed by atoms with Crippen LogP contribution in [0.1, 0.15) is 10.4 Å². The Hall–Kier alpha value is -2.39. The summed E-state index contributed by atoms with van der Waals surface area (Å²) in [6, 6.07) is 14.5. The molecule has 3 nitrogen and oxygen atoms in total. The topological polar surface area (TPSA) is 56.0 Å². The molecule has 2 aromatic carbocycles. The van der Waals surface area contributed by atoms with Crippen LogP contribution in [-0.2, 0) is 0 Å². The molecule has 0 fully saturated rings. The fourth-order valence-electron chi connectivity index (χ4n) is 2.14.